The van der Waals surface area contributed by atoms with Crippen molar-refractivity contribution >= 4 is 29.4 Å². The van der Waals surface area contributed by atoms with Gasteiger partial charge in [-0.1, -0.05) is 63.7 Å². The van der Waals surface area contributed by atoms with Gasteiger partial charge in [-0.3, -0.25) is 9.59 Å². The second-order valence-electron chi connectivity index (χ2n) is 7.87. The molecular weight excluding hydrogens is 346 g/mol. The number of piperidine rings is 1. The van der Waals surface area contributed by atoms with E-state index in [4.69, 9.17) is 0 Å². The van der Waals surface area contributed by atoms with Crippen LogP contribution in [0.4, 0.5) is 0 Å². The van der Waals surface area contributed by atoms with E-state index in [0.29, 0.717) is 25.9 Å². The zero-order valence-corrected chi connectivity index (χ0v) is 17.1. The van der Waals surface area contributed by atoms with E-state index in [2.05, 4.69) is 12.6 Å². The van der Waals surface area contributed by atoms with Crippen molar-refractivity contribution in [3.63, 3.8) is 0 Å². The summed E-state index contributed by atoms with van der Waals surface area (Å²) in [7, 11) is 0. The molecule has 1 fully saturated rings. The van der Waals surface area contributed by atoms with Crippen LogP contribution in [-0.4, -0.2) is 34.4 Å². The lowest BCUT2D eigenvalue weighted by atomic mass is 9.76. The van der Waals surface area contributed by atoms with Crippen LogP contribution < -0.4 is 0 Å². The highest BCUT2D eigenvalue weighted by Gasteiger charge is 2.63. The van der Waals surface area contributed by atoms with Crippen LogP contribution in [0.25, 0.3) is 0 Å². The molecule has 0 bridgehead atoms. The first-order chi connectivity index (χ1) is 12.2. The standard InChI is InChI=1S/C21H29NO3S/c1-5-20(3,4)17(23)18(24)22(6-2)15-11-10-14-21(22,19(25)26)16-12-8-7-9-13-16/h7-9,12-13H,5-6,10-11,14-15H2,1-4H3/p+1/t21-,22?/m1/s1. The molecule has 5 heteroatoms. The van der Waals surface area contributed by atoms with Gasteiger partial charge in [0.15, 0.2) is 0 Å². The zero-order valence-electron chi connectivity index (χ0n) is 16.2. The van der Waals surface area contributed by atoms with Crippen LogP contribution in [0.5, 0.6) is 0 Å². The number of carbonyl (C=O) groups is 3. The van der Waals surface area contributed by atoms with Crippen LogP contribution in [0.1, 0.15) is 58.9 Å². The fourth-order valence-electron chi connectivity index (χ4n) is 4.18. The van der Waals surface area contributed by atoms with Crippen molar-refractivity contribution in [3.8, 4) is 0 Å². The molecule has 0 saturated carbocycles. The smallest absolute Gasteiger partial charge is 0.283 e. The number of likely N-dealkylation sites (tertiary alicyclic amines) is 1. The summed E-state index contributed by atoms with van der Waals surface area (Å²) in [5.41, 5.74) is -1.07. The van der Waals surface area contributed by atoms with Crippen LogP contribution >= 0.6 is 12.6 Å². The number of nitrogens with zero attached hydrogens (tertiary/aromatic N) is 1. The van der Waals surface area contributed by atoms with Gasteiger partial charge in [0.2, 0.25) is 5.54 Å². The van der Waals surface area contributed by atoms with Crippen molar-refractivity contribution in [1.29, 1.82) is 0 Å². The lowest BCUT2D eigenvalue weighted by Crippen LogP contribution is -2.72. The van der Waals surface area contributed by atoms with E-state index < -0.39 is 22.6 Å². The number of Topliss-reactive ketones (excluding diaryl/α,β-unsaturated/α-hetero) is 1. The van der Waals surface area contributed by atoms with Gasteiger partial charge >= 0.3 is 5.91 Å². The minimum Gasteiger partial charge on any atom is -0.283 e. The van der Waals surface area contributed by atoms with Gasteiger partial charge in [0.05, 0.1) is 13.1 Å². The first-order valence-electron chi connectivity index (χ1n) is 9.45. The van der Waals surface area contributed by atoms with Crippen LogP contribution in [0.2, 0.25) is 0 Å². The summed E-state index contributed by atoms with van der Waals surface area (Å²) in [6.45, 7) is 8.29. The van der Waals surface area contributed by atoms with Crippen molar-refractivity contribution in [2.45, 2.75) is 58.9 Å². The topological polar surface area (TPSA) is 51.2 Å². The second kappa shape index (κ2) is 7.65. The summed E-state index contributed by atoms with van der Waals surface area (Å²) in [4.78, 5) is 39.6. The molecule has 0 radical (unpaired) electrons. The van der Waals surface area contributed by atoms with Gasteiger partial charge in [-0.15, -0.1) is 0 Å². The molecule has 2 atom stereocenters. The number of rotatable bonds is 6. The van der Waals surface area contributed by atoms with Gasteiger partial charge in [0, 0.05) is 17.4 Å². The summed E-state index contributed by atoms with van der Waals surface area (Å²) in [5.74, 6) is -0.844. The maximum absolute atomic E-state index is 13.6. The Bertz CT molecular complexity index is 700. The number of ketones is 1. The number of hydrogen-bond acceptors (Lipinski definition) is 3. The number of benzene rings is 1. The molecule has 0 N–H and O–H groups in total. The van der Waals surface area contributed by atoms with Crippen LogP contribution in [0.15, 0.2) is 30.3 Å². The minimum atomic E-state index is -1.10. The predicted molar refractivity (Wildman–Crippen MR) is 106 cm³/mol. The molecule has 26 heavy (non-hydrogen) atoms. The third kappa shape index (κ3) is 3.05. The highest BCUT2D eigenvalue weighted by molar-refractivity contribution is 7.96. The maximum atomic E-state index is 13.6. The summed E-state index contributed by atoms with van der Waals surface area (Å²) in [6, 6.07) is 9.39. The Morgan fingerprint density at radius 2 is 1.73 bits per heavy atom. The Balaban J connectivity index is 2.71. The van der Waals surface area contributed by atoms with Crippen LogP contribution in [0.3, 0.4) is 0 Å². The average Bonchev–Trinajstić information content (AvgIpc) is 2.66. The molecule has 1 aromatic rings. The lowest BCUT2D eigenvalue weighted by molar-refractivity contribution is -0.904. The van der Waals surface area contributed by atoms with Gasteiger partial charge in [0.25, 0.3) is 10.9 Å². The average molecular weight is 377 g/mol. The largest absolute Gasteiger partial charge is 0.383 e. The Morgan fingerprint density at radius 1 is 1.12 bits per heavy atom. The van der Waals surface area contributed by atoms with E-state index >= 15 is 0 Å². The van der Waals surface area contributed by atoms with E-state index in [-0.39, 0.29) is 9.60 Å². The van der Waals surface area contributed by atoms with Gasteiger partial charge in [0.1, 0.15) is 0 Å². The molecule has 0 spiro atoms. The molecule has 2 rings (SSSR count). The van der Waals surface area contributed by atoms with Crippen LogP contribution in [0, 0.1) is 5.41 Å². The molecule has 1 saturated heterocycles. The Hall–Kier alpha value is -1.46. The minimum absolute atomic E-state index is 0.151. The van der Waals surface area contributed by atoms with Gasteiger partial charge in [-0.05, 0) is 26.2 Å². The van der Waals surface area contributed by atoms with E-state index in [1.807, 2.05) is 44.2 Å². The van der Waals surface area contributed by atoms with E-state index in [0.717, 1.165) is 18.4 Å². The molecular formula is C21H30NO3S+. The van der Waals surface area contributed by atoms with Crippen molar-refractivity contribution in [1.82, 2.24) is 0 Å². The number of amides is 1. The SMILES string of the molecule is CCC(C)(C)C(=O)C(=O)[N+]1(CC)CCCC[C@]1(C(=O)S)c1ccccc1. The fraction of sp³-hybridized carbons (Fsp3) is 0.571. The molecule has 1 aliphatic heterocycles. The molecule has 1 amide bonds. The summed E-state index contributed by atoms with van der Waals surface area (Å²) >= 11 is 4.25. The highest BCUT2D eigenvalue weighted by Crippen LogP contribution is 2.46. The number of quaternary nitrogens is 1. The van der Waals surface area contributed by atoms with E-state index in [1.54, 1.807) is 13.8 Å². The lowest BCUT2D eigenvalue weighted by Gasteiger charge is -2.52. The van der Waals surface area contributed by atoms with Crippen LogP contribution in [-0.2, 0) is 19.9 Å². The molecule has 0 aliphatic carbocycles. The van der Waals surface area contributed by atoms with Crippen molar-refractivity contribution in [2.24, 2.45) is 5.41 Å². The van der Waals surface area contributed by atoms with Gasteiger partial charge < -0.3 is 0 Å². The highest BCUT2D eigenvalue weighted by atomic mass is 32.1. The summed E-state index contributed by atoms with van der Waals surface area (Å²) in [6.07, 6.45) is 2.75. The van der Waals surface area contributed by atoms with Gasteiger partial charge in [-0.2, -0.15) is 0 Å². The molecule has 1 unspecified atom stereocenters. The molecule has 142 valence electrons. The molecule has 1 heterocycles. The zero-order chi connectivity index (χ0) is 19.6. The Kier molecular flexibility index (Phi) is 6.13. The normalized spacial score (nSPS) is 26.3. The molecule has 1 aliphatic rings. The van der Waals surface area contributed by atoms with E-state index in [1.165, 1.54) is 0 Å². The van der Waals surface area contributed by atoms with Crippen molar-refractivity contribution in [3.05, 3.63) is 35.9 Å². The Morgan fingerprint density at radius 3 is 2.23 bits per heavy atom. The third-order valence-electron chi connectivity index (χ3n) is 6.29. The number of carbonyl (C=O) groups excluding carboxylic acids is 3. The third-order valence-corrected chi connectivity index (χ3v) is 6.66. The Labute approximate surface area is 162 Å². The molecule has 0 aromatic heterocycles. The first kappa shape index (κ1) is 20.8. The first-order valence-corrected chi connectivity index (χ1v) is 9.89. The van der Waals surface area contributed by atoms with Crippen molar-refractivity contribution < 1.29 is 18.9 Å². The summed E-state index contributed by atoms with van der Waals surface area (Å²) in [5, 5.41) is -0.333. The predicted octanol–water partition coefficient (Wildman–Crippen LogP) is 3.89. The van der Waals surface area contributed by atoms with Crippen molar-refractivity contribution in [2.75, 3.05) is 13.1 Å². The molecule has 4 nitrogen and oxygen atoms in total. The van der Waals surface area contributed by atoms with E-state index in [9.17, 15) is 14.4 Å². The van der Waals surface area contributed by atoms with Gasteiger partial charge in [-0.25, -0.2) is 9.28 Å². The quantitative estimate of drug-likeness (QED) is 0.465. The number of hydrogen-bond donors (Lipinski definition) is 1. The maximum Gasteiger partial charge on any atom is 0.383 e. The second-order valence-corrected chi connectivity index (χ2v) is 8.27. The summed E-state index contributed by atoms with van der Waals surface area (Å²) < 4.78 is -0.151. The monoisotopic (exact) mass is 376 g/mol. The molecule has 1 aromatic carbocycles. The number of thiol groups is 1. The fourth-order valence-corrected chi connectivity index (χ4v) is 4.61. The number of likely N-dealkylation sites (N-methyl/N-ethyl adjacent to an activating group) is 1.